The third kappa shape index (κ3) is 4.67. The number of aryl methyl sites for hydroxylation is 2. The fraction of sp³-hybridized carbons (Fsp3) is 0.500. The SMILES string of the molecule is Cc1ccc(-c2csc(NC(=O)CN3CC(C)CC(C)C3)n2)cc1C. The van der Waals surface area contributed by atoms with Crippen LogP contribution in [0.25, 0.3) is 11.3 Å². The Balaban J connectivity index is 1.61. The van der Waals surface area contributed by atoms with Gasteiger partial charge in [0.1, 0.15) is 0 Å². The summed E-state index contributed by atoms with van der Waals surface area (Å²) >= 11 is 1.48. The van der Waals surface area contributed by atoms with Crippen molar-refractivity contribution in [3.8, 4) is 11.3 Å². The molecule has 3 rings (SSSR count). The smallest absolute Gasteiger partial charge is 0.240 e. The molecule has 2 heterocycles. The summed E-state index contributed by atoms with van der Waals surface area (Å²) in [6.07, 6.45) is 1.25. The lowest BCUT2D eigenvalue weighted by Crippen LogP contribution is -2.42. The van der Waals surface area contributed by atoms with E-state index >= 15 is 0 Å². The van der Waals surface area contributed by atoms with E-state index in [0.717, 1.165) is 24.3 Å². The number of anilines is 1. The summed E-state index contributed by atoms with van der Waals surface area (Å²) in [4.78, 5) is 19.2. The van der Waals surface area contributed by atoms with Crippen molar-refractivity contribution < 1.29 is 4.79 Å². The molecule has 1 aromatic heterocycles. The lowest BCUT2D eigenvalue weighted by Gasteiger charge is -2.34. The molecule has 0 saturated carbocycles. The molecule has 1 aliphatic rings. The predicted molar refractivity (Wildman–Crippen MR) is 105 cm³/mol. The van der Waals surface area contributed by atoms with Gasteiger partial charge in [-0.2, -0.15) is 0 Å². The first-order valence-electron chi connectivity index (χ1n) is 8.96. The van der Waals surface area contributed by atoms with Gasteiger partial charge in [-0.3, -0.25) is 9.69 Å². The monoisotopic (exact) mass is 357 g/mol. The Morgan fingerprint density at radius 1 is 1.24 bits per heavy atom. The average Bonchev–Trinajstić information content (AvgIpc) is 2.97. The number of nitrogens with zero attached hydrogens (tertiary/aromatic N) is 2. The number of piperidine rings is 1. The molecule has 2 aromatic rings. The van der Waals surface area contributed by atoms with Gasteiger partial charge in [0.2, 0.25) is 5.91 Å². The summed E-state index contributed by atoms with van der Waals surface area (Å²) in [5.41, 5.74) is 4.55. The molecule has 2 unspecified atom stereocenters. The Kier molecular flexibility index (Phi) is 5.54. The van der Waals surface area contributed by atoms with Crippen LogP contribution in [0, 0.1) is 25.7 Å². The summed E-state index contributed by atoms with van der Waals surface area (Å²) < 4.78 is 0. The molecule has 1 aliphatic heterocycles. The molecule has 1 saturated heterocycles. The third-order valence-corrected chi connectivity index (χ3v) is 5.62. The van der Waals surface area contributed by atoms with Crippen molar-refractivity contribution in [2.75, 3.05) is 25.0 Å². The Morgan fingerprint density at radius 3 is 2.64 bits per heavy atom. The molecule has 0 radical (unpaired) electrons. The first kappa shape index (κ1) is 18.1. The molecule has 0 aliphatic carbocycles. The first-order valence-corrected chi connectivity index (χ1v) is 9.84. The summed E-state index contributed by atoms with van der Waals surface area (Å²) in [5.74, 6) is 1.35. The van der Waals surface area contributed by atoms with Crippen LogP contribution in [0.15, 0.2) is 23.6 Å². The lowest BCUT2D eigenvalue weighted by molar-refractivity contribution is -0.117. The molecule has 4 nitrogen and oxygen atoms in total. The molecule has 0 bridgehead atoms. The number of carbonyl (C=O) groups is 1. The van der Waals surface area contributed by atoms with Crippen molar-refractivity contribution in [1.82, 2.24) is 9.88 Å². The summed E-state index contributed by atoms with van der Waals surface area (Å²) in [6.45, 7) is 11.2. The van der Waals surface area contributed by atoms with Crippen LogP contribution in [0.5, 0.6) is 0 Å². The molecule has 25 heavy (non-hydrogen) atoms. The van der Waals surface area contributed by atoms with E-state index in [9.17, 15) is 4.79 Å². The van der Waals surface area contributed by atoms with Crippen LogP contribution in [0.1, 0.15) is 31.4 Å². The zero-order valence-corrected chi connectivity index (χ0v) is 16.3. The van der Waals surface area contributed by atoms with Crippen molar-refractivity contribution in [2.24, 2.45) is 11.8 Å². The standard InChI is InChI=1S/C20H27N3OS/c1-13-7-14(2)10-23(9-13)11-19(24)22-20-21-18(12-25-20)17-6-5-15(3)16(4)8-17/h5-6,8,12-14H,7,9-11H2,1-4H3,(H,21,22,24). The normalized spacial score (nSPS) is 21.3. The van der Waals surface area contributed by atoms with Crippen molar-refractivity contribution in [3.63, 3.8) is 0 Å². The predicted octanol–water partition coefficient (Wildman–Crippen LogP) is 4.34. The fourth-order valence-electron chi connectivity index (χ4n) is 3.65. The van der Waals surface area contributed by atoms with Gasteiger partial charge in [0.15, 0.2) is 5.13 Å². The molecule has 1 amide bonds. The number of likely N-dealkylation sites (tertiary alicyclic amines) is 1. The van der Waals surface area contributed by atoms with E-state index in [1.165, 1.54) is 28.9 Å². The molecule has 1 aromatic carbocycles. The largest absolute Gasteiger partial charge is 0.301 e. The zero-order valence-electron chi connectivity index (χ0n) is 15.5. The maximum Gasteiger partial charge on any atom is 0.240 e. The molecule has 2 atom stereocenters. The van der Waals surface area contributed by atoms with Crippen LogP contribution < -0.4 is 5.32 Å². The van der Waals surface area contributed by atoms with Crippen LogP contribution in [-0.2, 0) is 4.79 Å². The summed E-state index contributed by atoms with van der Waals surface area (Å²) in [5, 5.41) is 5.64. The van der Waals surface area contributed by atoms with Gasteiger partial charge in [0.05, 0.1) is 12.2 Å². The van der Waals surface area contributed by atoms with Crippen molar-refractivity contribution >= 4 is 22.4 Å². The van der Waals surface area contributed by atoms with Gasteiger partial charge in [0.25, 0.3) is 0 Å². The highest BCUT2D eigenvalue weighted by atomic mass is 32.1. The number of nitrogens with one attached hydrogen (secondary N) is 1. The number of amides is 1. The summed E-state index contributed by atoms with van der Waals surface area (Å²) in [6, 6.07) is 6.34. The number of carbonyl (C=O) groups excluding carboxylic acids is 1. The van der Waals surface area contributed by atoms with Gasteiger partial charge in [-0.1, -0.05) is 26.0 Å². The highest BCUT2D eigenvalue weighted by Gasteiger charge is 2.23. The van der Waals surface area contributed by atoms with E-state index in [1.807, 2.05) is 5.38 Å². The minimum atomic E-state index is 0.0299. The van der Waals surface area contributed by atoms with E-state index in [0.29, 0.717) is 23.5 Å². The minimum Gasteiger partial charge on any atom is -0.301 e. The quantitative estimate of drug-likeness (QED) is 0.885. The van der Waals surface area contributed by atoms with Crippen LogP contribution in [-0.4, -0.2) is 35.4 Å². The molecule has 0 spiro atoms. The Morgan fingerprint density at radius 2 is 1.96 bits per heavy atom. The van der Waals surface area contributed by atoms with Gasteiger partial charge in [0, 0.05) is 24.0 Å². The van der Waals surface area contributed by atoms with Crippen LogP contribution in [0.4, 0.5) is 5.13 Å². The van der Waals surface area contributed by atoms with Gasteiger partial charge in [-0.05, 0) is 49.3 Å². The second-order valence-corrected chi connectivity index (χ2v) is 8.38. The van der Waals surface area contributed by atoms with E-state index < -0.39 is 0 Å². The lowest BCUT2D eigenvalue weighted by atomic mass is 9.92. The molecule has 134 valence electrons. The Bertz CT molecular complexity index is 745. The van der Waals surface area contributed by atoms with E-state index in [1.54, 1.807) is 0 Å². The van der Waals surface area contributed by atoms with E-state index in [4.69, 9.17) is 0 Å². The van der Waals surface area contributed by atoms with Crippen LogP contribution in [0.2, 0.25) is 0 Å². The third-order valence-electron chi connectivity index (χ3n) is 4.86. The van der Waals surface area contributed by atoms with Crippen molar-refractivity contribution in [3.05, 3.63) is 34.7 Å². The van der Waals surface area contributed by atoms with Gasteiger partial charge >= 0.3 is 0 Å². The van der Waals surface area contributed by atoms with E-state index in [2.05, 4.69) is 61.1 Å². The minimum absolute atomic E-state index is 0.0299. The Labute approximate surface area is 154 Å². The zero-order chi connectivity index (χ0) is 18.0. The van der Waals surface area contributed by atoms with Crippen LogP contribution in [0.3, 0.4) is 0 Å². The number of benzene rings is 1. The number of thiazole rings is 1. The number of aromatic nitrogens is 1. The first-order chi connectivity index (χ1) is 11.9. The molecule has 5 heteroatoms. The second-order valence-electron chi connectivity index (χ2n) is 7.53. The highest BCUT2D eigenvalue weighted by molar-refractivity contribution is 7.14. The molecule has 1 fully saturated rings. The average molecular weight is 358 g/mol. The van der Waals surface area contributed by atoms with Gasteiger partial charge in [-0.15, -0.1) is 11.3 Å². The molecule has 1 N–H and O–H groups in total. The van der Waals surface area contributed by atoms with E-state index in [-0.39, 0.29) is 5.91 Å². The highest BCUT2D eigenvalue weighted by Crippen LogP contribution is 2.26. The number of hydrogen-bond donors (Lipinski definition) is 1. The maximum atomic E-state index is 12.4. The molecular formula is C20H27N3OS. The molecular weight excluding hydrogens is 330 g/mol. The fourth-order valence-corrected chi connectivity index (χ4v) is 4.38. The second kappa shape index (κ2) is 7.67. The van der Waals surface area contributed by atoms with Gasteiger partial charge in [-0.25, -0.2) is 4.98 Å². The maximum absolute atomic E-state index is 12.4. The van der Waals surface area contributed by atoms with Crippen molar-refractivity contribution in [2.45, 2.75) is 34.1 Å². The van der Waals surface area contributed by atoms with Gasteiger partial charge < -0.3 is 5.32 Å². The van der Waals surface area contributed by atoms with Crippen molar-refractivity contribution in [1.29, 1.82) is 0 Å². The topological polar surface area (TPSA) is 45.2 Å². The summed E-state index contributed by atoms with van der Waals surface area (Å²) in [7, 11) is 0. The number of rotatable bonds is 4. The van der Waals surface area contributed by atoms with Crippen LogP contribution >= 0.6 is 11.3 Å². The number of hydrogen-bond acceptors (Lipinski definition) is 4. The Hall–Kier alpha value is -1.72.